The average molecular weight is 311 g/mol. The molecule has 22 heavy (non-hydrogen) atoms. The fourth-order valence-corrected chi connectivity index (χ4v) is 6.69. The molecule has 0 spiro atoms. The van der Waals surface area contributed by atoms with Gasteiger partial charge in [-0.2, -0.15) is 7.14 Å². The Labute approximate surface area is 134 Å². The van der Waals surface area contributed by atoms with Crippen molar-refractivity contribution in [3.63, 3.8) is 0 Å². The Kier molecular flexibility index (Phi) is 5.42. The summed E-state index contributed by atoms with van der Waals surface area (Å²) >= 11 is 0. The molecule has 2 aromatic carbocycles. The van der Waals surface area contributed by atoms with Crippen molar-refractivity contribution in [1.29, 1.82) is 0 Å². The third-order valence-electron chi connectivity index (χ3n) is 4.04. The Morgan fingerprint density at radius 3 is 1.73 bits per heavy atom. The van der Waals surface area contributed by atoms with Gasteiger partial charge in [0.2, 0.25) is 0 Å². The molecule has 113 valence electrons. The standard InChI is InChI=1S/C18H20BO2P/c1-14(2)17(13-18(20)21)22(19,15-9-5-3-6-10-15)16-11-7-4-8-12-16/h3-12,14,17H,13H2,1-2H3/q-1/p+1. The minimum Gasteiger partial charge on any atom is -0.481 e. The van der Waals surface area contributed by atoms with Crippen LogP contribution in [0.3, 0.4) is 0 Å². The second-order valence-corrected chi connectivity index (χ2v) is 9.11. The number of benzene rings is 2. The molecule has 0 aliphatic heterocycles. The SMILES string of the molecule is [B-][P+](c1ccccc1)(c1ccccc1)C(CC(=O)O)C(C)C. The summed E-state index contributed by atoms with van der Waals surface area (Å²) in [6, 6.07) is 19.9. The quantitative estimate of drug-likeness (QED) is 0.657. The molecular weight excluding hydrogens is 290 g/mol. The molecule has 3 radical (unpaired) electrons. The molecule has 0 heterocycles. The van der Waals surface area contributed by atoms with E-state index in [-0.39, 0.29) is 18.0 Å². The highest BCUT2D eigenvalue weighted by atomic mass is 31.2. The summed E-state index contributed by atoms with van der Waals surface area (Å²) in [5, 5.41) is 11.5. The summed E-state index contributed by atoms with van der Waals surface area (Å²) in [4.78, 5) is 11.4. The topological polar surface area (TPSA) is 37.3 Å². The van der Waals surface area contributed by atoms with Gasteiger partial charge in [-0.05, 0) is 30.2 Å². The highest BCUT2D eigenvalue weighted by Gasteiger charge is 2.37. The molecule has 0 amide bonds. The van der Waals surface area contributed by atoms with Gasteiger partial charge in [0.05, 0.1) is 6.42 Å². The lowest BCUT2D eigenvalue weighted by atomic mass is 10.1. The molecule has 0 bridgehead atoms. The number of carboxylic acids is 1. The van der Waals surface area contributed by atoms with Crippen LogP contribution < -0.4 is 10.6 Å². The first-order valence-electron chi connectivity index (χ1n) is 7.46. The van der Waals surface area contributed by atoms with Crippen molar-refractivity contribution in [2.75, 3.05) is 0 Å². The number of carbonyl (C=O) groups is 1. The summed E-state index contributed by atoms with van der Waals surface area (Å²) in [5.41, 5.74) is -0.0881. The largest absolute Gasteiger partial charge is 0.481 e. The lowest BCUT2D eigenvalue weighted by molar-refractivity contribution is -0.137. The maximum Gasteiger partial charge on any atom is 0.307 e. The average Bonchev–Trinajstić information content (AvgIpc) is 2.53. The van der Waals surface area contributed by atoms with E-state index < -0.39 is 13.1 Å². The van der Waals surface area contributed by atoms with Crippen molar-refractivity contribution in [2.24, 2.45) is 5.92 Å². The van der Waals surface area contributed by atoms with Crippen molar-refractivity contribution in [3.05, 3.63) is 60.7 Å². The monoisotopic (exact) mass is 311 g/mol. The van der Waals surface area contributed by atoms with E-state index in [1.807, 2.05) is 60.7 Å². The predicted molar refractivity (Wildman–Crippen MR) is 95.7 cm³/mol. The number of carboxylic acid groups (broad SMARTS) is 1. The molecule has 2 rings (SSSR count). The van der Waals surface area contributed by atoms with Gasteiger partial charge in [-0.15, -0.1) is 0 Å². The first-order valence-corrected chi connectivity index (χ1v) is 9.39. The molecule has 1 N–H and O–H groups in total. The van der Waals surface area contributed by atoms with E-state index in [2.05, 4.69) is 13.8 Å². The van der Waals surface area contributed by atoms with E-state index in [0.717, 1.165) is 10.6 Å². The molecule has 0 aliphatic carbocycles. The lowest BCUT2D eigenvalue weighted by Crippen LogP contribution is -2.36. The minimum atomic E-state index is -2.28. The molecule has 0 aromatic heterocycles. The van der Waals surface area contributed by atoms with Crippen LogP contribution >= 0.6 is 7.14 Å². The first kappa shape index (κ1) is 16.8. The molecule has 1 unspecified atom stereocenters. The Hall–Kier alpha value is -1.60. The van der Waals surface area contributed by atoms with Crippen LogP contribution in [0.1, 0.15) is 20.3 Å². The van der Waals surface area contributed by atoms with Crippen LogP contribution in [0.4, 0.5) is 0 Å². The van der Waals surface area contributed by atoms with Gasteiger partial charge in [0.25, 0.3) is 0 Å². The van der Waals surface area contributed by atoms with E-state index >= 15 is 0 Å². The van der Waals surface area contributed by atoms with E-state index in [1.54, 1.807) is 0 Å². The predicted octanol–water partition coefficient (Wildman–Crippen LogP) is 3.24. The van der Waals surface area contributed by atoms with Crippen molar-refractivity contribution in [3.8, 4) is 0 Å². The molecule has 1 atom stereocenters. The first-order chi connectivity index (χ1) is 10.5. The summed E-state index contributed by atoms with van der Waals surface area (Å²) in [6.07, 6.45) is 0.0890. The van der Waals surface area contributed by atoms with Crippen molar-refractivity contribution >= 4 is 31.3 Å². The molecule has 0 saturated carbocycles. The highest BCUT2D eigenvalue weighted by molar-refractivity contribution is 8.09. The third-order valence-corrected chi connectivity index (χ3v) is 8.17. The molecule has 0 aliphatic rings. The normalized spacial score (nSPS) is 13.1. The van der Waals surface area contributed by atoms with E-state index in [4.69, 9.17) is 7.57 Å². The second kappa shape index (κ2) is 7.11. The van der Waals surface area contributed by atoms with Crippen LogP contribution in [-0.2, 0) is 4.79 Å². The summed E-state index contributed by atoms with van der Waals surface area (Å²) in [5.74, 6) is -0.602. The maximum atomic E-state index is 11.4. The van der Waals surface area contributed by atoms with Crippen LogP contribution in [0.5, 0.6) is 0 Å². The van der Waals surface area contributed by atoms with Crippen LogP contribution in [0, 0.1) is 5.92 Å². The van der Waals surface area contributed by atoms with Gasteiger partial charge in [-0.1, -0.05) is 50.2 Å². The van der Waals surface area contributed by atoms with Gasteiger partial charge in [0.15, 0.2) is 0 Å². The molecule has 4 heteroatoms. The van der Waals surface area contributed by atoms with E-state index in [1.165, 1.54) is 0 Å². The third kappa shape index (κ3) is 3.42. The highest BCUT2D eigenvalue weighted by Crippen LogP contribution is 2.59. The summed E-state index contributed by atoms with van der Waals surface area (Å²) in [6.45, 7) is 4.11. The number of rotatable bonds is 6. The summed E-state index contributed by atoms with van der Waals surface area (Å²) < 4.78 is 0. The maximum absolute atomic E-state index is 11.4. The minimum absolute atomic E-state index is 0.0881. The lowest BCUT2D eigenvalue weighted by Gasteiger charge is -2.45. The molecular formula is C18H21BO2P. The molecule has 2 aromatic rings. The molecule has 0 fully saturated rings. The van der Waals surface area contributed by atoms with Gasteiger partial charge < -0.3 is 5.11 Å². The molecule has 2 nitrogen and oxygen atoms in total. The number of hydrogen-bond acceptors (Lipinski definition) is 1. The Morgan fingerprint density at radius 1 is 1.00 bits per heavy atom. The van der Waals surface area contributed by atoms with E-state index in [9.17, 15) is 9.90 Å². The summed E-state index contributed by atoms with van der Waals surface area (Å²) in [7, 11) is 4.71. The fourth-order valence-electron chi connectivity index (χ4n) is 2.91. The van der Waals surface area contributed by atoms with E-state index in [0.29, 0.717) is 0 Å². The van der Waals surface area contributed by atoms with Crippen LogP contribution in [0.2, 0.25) is 0 Å². The van der Waals surface area contributed by atoms with Gasteiger partial charge in [-0.3, -0.25) is 12.4 Å². The second-order valence-electron chi connectivity index (χ2n) is 5.86. The van der Waals surface area contributed by atoms with Gasteiger partial charge in [-0.25, -0.2) is 0 Å². The smallest absolute Gasteiger partial charge is 0.307 e. The fraction of sp³-hybridized carbons (Fsp3) is 0.278. The van der Waals surface area contributed by atoms with Crippen molar-refractivity contribution in [2.45, 2.75) is 25.9 Å². The zero-order valence-corrected chi connectivity index (χ0v) is 13.9. The van der Waals surface area contributed by atoms with Gasteiger partial charge in [0, 0.05) is 16.3 Å². The van der Waals surface area contributed by atoms with Crippen LogP contribution in [-0.4, -0.2) is 24.3 Å². The molecule has 0 saturated heterocycles. The number of aliphatic carboxylic acids is 1. The van der Waals surface area contributed by atoms with Crippen molar-refractivity contribution in [1.82, 2.24) is 0 Å². The Bertz CT molecular complexity index is 574. The zero-order valence-electron chi connectivity index (χ0n) is 13.0. The van der Waals surface area contributed by atoms with Gasteiger partial charge >= 0.3 is 5.97 Å². The zero-order chi connectivity index (χ0) is 16.2. The Balaban J connectivity index is 2.61. The van der Waals surface area contributed by atoms with Gasteiger partial charge in [0.1, 0.15) is 0 Å². The Morgan fingerprint density at radius 2 is 1.41 bits per heavy atom. The van der Waals surface area contributed by atoms with Crippen LogP contribution in [0.25, 0.3) is 0 Å². The number of hydrogen-bond donors (Lipinski definition) is 1. The van der Waals surface area contributed by atoms with Crippen molar-refractivity contribution < 1.29 is 9.90 Å². The van der Waals surface area contributed by atoms with Crippen LogP contribution in [0.15, 0.2) is 60.7 Å².